The Morgan fingerprint density at radius 2 is 1.83 bits per heavy atom. The van der Waals surface area contributed by atoms with Crippen LogP contribution in [0.15, 0.2) is 46.7 Å². The summed E-state index contributed by atoms with van der Waals surface area (Å²) in [6, 6.07) is 12.1. The fraction of sp³-hybridized carbons (Fsp3) is 0.400. The van der Waals surface area contributed by atoms with Gasteiger partial charge in [-0.15, -0.1) is 11.3 Å². The van der Waals surface area contributed by atoms with Crippen molar-refractivity contribution in [3.05, 3.63) is 52.9 Å². The molecule has 1 fully saturated rings. The zero-order valence-electron chi connectivity index (χ0n) is 16.7. The maximum atomic E-state index is 12.7. The van der Waals surface area contributed by atoms with Crippen LogP contribution in [0.1, 0.15) is 29.8 Å². The van der Waals surface area contributed by atoms with Crippen LogP contribution in [0.3, 0.4) is 0 Å². The summed E-state index contributed by atoms with van der Waals surface area (Å²) in [6.07, 6.45) is 0.0912. The number of nitrogens with zero attached hydrogens (tertiary/aromatic N) is 1. The van der Waals surface area contributed by atoms with Gasteiger partial charge in [-0.1, -0.05) is 30.3 Å². The van der Waals surface area contributed by atoms with Crippen LogP contribution < -0.4 is 10.6 Å². The molecule has 0 radical (unpaired) electrons. The minimum absolute atomic E-state index is 0.0912. The lowest BCUT2D eigenvalue weighted by atomic mass is 10.0. The first-order chi connectivity index (χ1) is 14.4. The van der Waals surface area contributed by atoms with Crippen LogP contribution in [0.5, 0.6) is 0 Å². The SMILES string of the molecule is CC(=O)N[C@H](CC(=O)NCc1ccc(S(=O)(=O)N2CCOCC2)s1)c1ccccc1. The van der Waals surface area contributed by atoms with Crippen LogP contribution in [0.2, 0.25) is 0 Å². The zero-order chi connectivity index (χ0) is 21.6. The van der Waals surface area contributed by atoms with Crippen molar-refractivity contribution >= 4 is 33.2 Å². The Kier molecular flexibility index (Phi) is 7.59. The summed E-state index contributed by atoms with van der Waals surface area (Å²) in [5, 5.41) is 5.60. The predicted molar refractivity (Wildman–Crippen MR) is 113 cm³/mol. The molecule has 1 aliphatic rings. The molecule has 2 N–H and O–H groups in total. The summed E-state index contributed by atoms with van der Waals surface area (Å²) >= 11 is 1.15. The van der Waals surface area contributed by atoms with Gasteiger partial charge in [0, 0.05) is 24.9 Å². The quantitative estimate of drug-likeness (QED) is 0.635. The fourth-order valence-corrected chi connectivity index (χ4v) is 5.99. The lowest BCUT2D eigenvalue weighted by Gasteiger charge is -2.25. The number of rotatable bonds is 8. The number of ether oxygens (including phenoxy) is 1. The second-order valence-corrected chi connectivity index (χ2v) is 10.2. The van der Waals surface area contributed by atoms with Crippen molar-refractivity contribution in [2.24, 2.45) is 0 Å². The van der Waals surface area contributed by atoms with Gasteiger partial charge in [0.05, 0.1) is 32.2 Å². The first-order valence-electron chi connectivity index (χ1n) is 9.61. The van der Waals surface area contributed by atoms with Gasteiger partial charge in [0.25, 0.3) is 10.0 Å². The van der Waals surface area contributed by atoms with E-state index in [1.807, 2.05) is 30.3 Å². The summed E-state index contributed by atoms with van der Waals surface area (Å²) in [5.41, 5.74) is 0.845. The Balaban J connectivity index is 1.58. The first kappa shape index (κ1) is 22.4. The first-order valence-corrected chi connectivity index (χ1v) is 11.9. The van der Waals surface area contributed by atoms with Gasteiger partial charge in [-0.3, -0.25) is 9.59 Å². The molecule has 162 valence electrons. The Hall–Kier alpha value is -2.27. The van der Waals surface area contributed by atoms with E-state index < -0.39 is 16.1 Å². The molecule has 0 aliphatic carbocycles. The number of hydrogen-bond donors (Lipinski definition) is 2. The van der Waals surface area contributed by atoms with Crippen molar-refractivity contribution in [1.29, 1.82) is 0 Å². The highest BCUT2D eigenvalue weighted by Crippen LogP contribution is 2.25. The largest absolute Gasteiger partial charge is 0.379 e. The van der Waals surface area contributed by atoms with Crippen LogP contribution >= 0.6 is 11.3 Å². The minimum atomic E-state index is -3.54. The summed E-state index contributed by atoms with van der Waals surface area (Å²) < 4.78 is 32.3. The van der Waals surface area contributed by atoms with E-state index in [2.05, 4.69) is 10.6 Å². The second-order valence-electron chi connectivity index (χ2n) is 6.88. The normalized spacial score (nSPS) is 16.0. The molecule has 8 nitrogen and oxygen atoms in total. The maximum absolute atomic E-state index is 12.7. The molecule has 2 heterocycles. The fourth-order valence-electron chi connectivity index (χ4n) is 3.13. The lowest BCUT2D eigenvalue weighted by molar-refractivity contribution is -0.122. The van der Waals surface area contributed by atoms with E-state index in [-0.39, 0.29) is 29.0 Å². The molecule has 2 amide bonds. The molecule has 0 saturated carbocycles. The molecule has 30 heavy (non-hydrogen) atoms. The van der Waals surface area contributed by atoms with Crippen LogP contribution in [0.4, 0.5) is 0 Å². The smallest absolute Gasteiger partial charge is 0.252 e. The third kappa shape index (κ3) is 5.88. The van der Waals surface area contributed by atoms with Crippen LogP contribution in [-0.2, 0) is 30.9 Å². The highest BCUT2D eigenvalue weighted by Gasteiger charge is 2.27. The van der Waals surface area contributed by atoms with E-state index in [4.69, 9.17) is 4.74 Å². The predicted octanol–water partition coefficient (Wildman–Crippen LogP) is 1.65. The summed E-state index contributed by atoms with van der Waals surface area (Å²) in [4.78, 5) is 24.7. The maximum Gasteiger partial charge on any atom is 0.252 e. The zero-order valence-corrected chi connectivity index (χ0v) is 18.3. The standard InChI is InChI=1S/C20H25N3O5S2/c1-15(24)22-18(16-5-3-2-4-6-16)13-19(25)21-14-17-7-8-20(29-17)30(26,27)23-9-11-28-12-10-23/h2-8,18H,9-14H2,1H3,(H,21,25)(H,22,24)/t18-/m1/s1. The van der Waals surface area contributed by atoms with E-state index in [1.165, 1.54) is 11.2 Å². The minimum Gasteiger partial charge on any atom is -0.379 e. The van der Waals surface area contributed by atoms with E-state index in [0.29, 0.717) is 26.3 Å². The molecule has 1 aromatic heterocycles. The van der Waals surface area contributed by atoms with Crippen molar-refractivity contribution in [2.45, 2.75) is 30.1 Å². The highest BCUT2D eigenvalue weighted by atomic mass is 32.2. The van der Waals surface area contributed by atoms with E-state index in [9.17, 15) is 18.0 Å². The molecule has 10 heteroatoms. The molecule has 1 atom stereocenters. The monoisotopic (exact) mass is 451 g/mol. The Morgan fingerprint density at radius 1 is 1.13 bits per heavy atom. The van der Waals surface area contributed by atoms with Crippen LogP contribution in [0.25, 0.3) is 0 Å². The summed E-state index contributed by atoms with van der Waals surface area (Å²) in [6.45, 7) is 3.11. The molecular formula is C20H25N3O5S2. The third-order valence-electron chi connectivity index (χ3n) is 4.63. The molecule has 3 rings (SSSR count). The molecule has 2 aromatic rings. The van der Waals surface area contributed by atoms with Gasteiger partial charge in [0.15, 0.2) is 0 Å². The topological polar surface area (TPSA) is 105 Å². The van der Waals surface area contributed by atoms with Crippen LogP contribution in [-0.4, -0.2) is 50.8 Å². The number of carbonyl (C=O) groups excluding carboxylic acids is 2. The molecule has 0 unspecified atom stereocenters. The molecule has 1 saturated heterocycles. The number of nitrogens with one attached hydrogen (secondary N) is 2. The Labute approximate surface area is 180 Å². The van der Waals surface area contributed by atoms with Crippen molar-refractivity contribution in [3.8, 4) is 0 Å². The molecule has 0 spiro atoms. The number of morpholine rings is 1. The molecular weight excluding hydrogens is 426 g/mol. The number of sulfonamides is 1. The van der Waals surface area contributed by atoms with E-state index in [0.717, 1.165) is 21.8 Å². The van der Waals surface area contributed by atoms with Crippen molar-refractivity contribution in [1.82, 2.24) is 14.9 Å². The van der Waals surface area contributed by atoms with Gasteiger partial charge in [-0.25, -0.2) is 8.42 Å². The second kappa shape index (κ2) is 10.2. The van der Waals surface area contributed by atoms with Gasteiger partial charge < -0.3 is 15.4 Å². The molecule has 1 aromatic carbocycles. The summed E-state index contributed by atoms with van der Waals surface area (Å²) in [7, 11) is -3.54. The Bertz CT molecular complexity index is 969. The number of hydrogen-bond acceptors (Lipinski definition) is 6. The van der Waals surface area contributed by atoms with Crippen molar-refractivity contribution in [2.75, 3.05) is 26.3 Å². The number of benzene rings is 1. The number of amides is 2. The lowest BCUT2D eigenvalue weighted by Crippen LogP contribution is -2.40. The summed E-state index contributed by atoms with van der Waals surface area (Å²) in [5.74, 6) is -0.448. The average molecular weight is 452 g/mol. The third-order valence-corrected chi connectivity index (χ3v) is 8.08. The van der Waals surface area contributed by atoms with Gasteiger partial charge in [-0.05, 0) is 17.7 Å². The number of carbonyl (C=O) groups is 2. The molecule has 1 aliphatic heterocycles. The average Bonchev–Trinajstić information content (AvgIpc) is 3.23. The molecule has 0 bridgehead atoms. The van der Waals surface area contributed by atoms with Crippen LogP contribution in [0, 0.1) is 0 Å². The number of thiophene rings is 1. The Morgan fingerprint density at radius 3 is 2.50 bits per heavy atom. The van der Waals surface area contributed by atoms with E-state index >= 15 is 0 Å². The van der Waals surface area contributed by atoms with Crippen molar-refractivity contribution in [3.63, 3.8) is 0 Å². The highest BCUT2D eigenvalue weighted by molar-refractivity contribution is 7.91. The van der Waals surface area contributed by atoms with Gasteiger partial charge >= 0.3 is 0 Å². The van der Waals surface area contributed by atoms with Gasteiger partial charge in [0.1, 0.15) is 4.21 Å². The van der Waals surface area contributed by atoms with Crippen molar-refractivity contribution < 1.29 is 22.7 Å². The van der Waals surface area contributed by atoms with E-state index in [1.54, 1.807) is 12.1 Å². The van der Waals surface area contributed by atoms with Gasteiger partial charge in [0.2, 0.25) is 11.8 Å². The van der Waals surface area contributed by atoms with Gasteiger partial charge in [-0.2, -0.15) is 4.31 Å².